The predicted molar refractivity (Wildman–Crippen MR) is 80.8 cm³/mol. The molecule has 0 saturated carbocycles. The van der Waals surface area contributed by atoms with Gasteiger partial charge in [0.1, 0.15) is 12.4 Å². The van der Waals surface area contributed by atoms with Crippen LogP contribution >= 0.6 is 0 Å². The Kier molecular flexibility index (Phi) is 4.69. The largest absolute Gasteiger partial charge is 0.492 e. The van der Waals surface area contributed by atoms with Crippen LogP contribution in [0.15, 0.2) is 30.3 Å². The summed E-state index contributed by atoms with van der Waals surface area (Å²) in [5.74, 6) is 1.92. The molecule has 0 aliphatic rings. The van der Waals surface area contributed by atoms with Crippen LogP contribution in [0.4, 0.5) is 0 Å². The molecule has 106 valence electrons. The third-order valence-corrected chi connectivity index (χ3v) is 2.94. The molecule has 0 bridgehead atoms. The zero-order chi connectivity index (χ0) is 14.5. The molecule has 2 aromatic rings. The van der Waals surface area contributed by atoms with Gasteiger partial charge in [-0.3, -0.25) is 0 Å². The Morgan fingerprint density at radius 1 is 1.20 bits per heavy atom. The van der Waals surface area contributed by atoms with E-state index in [1.165, 1.54) is 0 Å². The average molecular weight is 271 g/mol. The van der Waals surface area contributed by atoms with Crippen molar-refractivity contribution in [2.75, 3.05) is 13.2 Å². The Hall–Kier alpha value is -1.94. The van der Waals surface area contributed by atoms with Gasteiger partial charge in [-0.25, -0.2) is 9.97 Å². The van der Waals surface area contributed by atoms with E-state index in [1.54, 1.807) is 0 Å². The molecule has 1 aromatic heterocycles. The molecular weight excluding hydrogens is 250 g/mol. The third kappa shape index (κ3) is 3.54. The monoisotopic (exact) mass is 271 g/mol. The highest BCUT2D eigenvalue weighted by molar-refractivity contribution is 5.57. The first kappa shape index (κ1) is 14.5. The van der Waals surface area contributed by atoms with Gasteiger partial charge in [-0.2, -0.15) is 0 Å². The van der Waals surface area contributed by atoms with Crippen LogP contribution in [0.1, 0.15) is 31.2 Å². The lowest BCUT2D eigenvalue weighted by atomic mass is 10.1. The van der Waals surface area contributed by atoms with Crippen molar-refractivity contribution in [1.29, 1.82) is 0 Å². The van der Waals surface area contributed by atoms with E-state index in [9.17, 15) is 0 Å². The summed E-state index contributed by atoms with van der Waals surface area (Å²) < 4.78 is 5.54. The Labute approximate surface area is 120 Å². The Bertz CT molecular complexity index is 582. The van der Waals surface area contributed by atoms with Gasteiger partial charge in [-0.05, 0) is 31.0 Å². The fourth-order valence-electron chi connectivity index (χ4n) is 1.92. The number of rotatable bonds is 5. The second kappa shape index (κ2) is 6.48. The van der Waals surface area contributed by atoms with Crippen molar-refractivity contribution in [3.63, 3.8) is 0 Å². The van der Waals surface area contributed by atoms with Crippen molar-refractivity contribution in [3.8, 4) is 17.1 Å². The highest BCUT2D eigenvalue weighted by Crippen LogP contribution is 2.23. The molecule has 20 heavy (non-hydrogen) atoms. The second-order valence-corrected chi connectivity index (χ2v) is 5.08. The maximum absolute atomic E-state index is 5.54. The summed E-state index contributed by atoms with van der Waals surface area (Å²) in [6.45, 7) is 7.27. The number of benzene rings is 1. The smallest absolute Gasteiger partial charge is 0.159 e. The van der Waals surface area contributed by atoms with E-state index < -0.39 is 0 Å². The number of ether oxygens (including phenoxy) is 1. The maximum Gasteiger partial charge on any atom is 0.159 e. The van der Waals surface area contributed by atoms with Gasteiger partial charge in [0.15, 0.2) is 5.82 Å². The number of hydrogen-bond acceptors (Lipinski definition) is 4. The van der Waals surface area contributed by atoms with Crippen molar-refractivity contribution >= 4 is 0 Å². The van der Waals surface area contributed by atoms with Gasteiger partial charge in [0.05, 0.1) is 0 Å². The Balaban J connectivity index is 2.35. The van der Waals surface area contributed by atoms with Gasteiger partial charge in [0, 0.05) is 23.5 Å². The number of nitrogens with two attached hydrogens (primary N) is 1. The highest BCUT2D eigenvalue weighted by atomic mass is 16.5. The first-order valence-corrected chi connectivity index (χ1v) is 6.89. The fourth-order valence-corrected chi connectivity index (χ4v) is 1.92. The molecule has 0 spiro atoms. The number of nitrogens with zero attached hydrogens (tertiary/aromatic N) is 2. The standard InChI is InChI=1S/C16H21N3O/c1-11(2)15-9-12(3)18-16(19-15)13-5-4-6-14(10-13)20-8-7-17/h4-6,9-11H,7-8,17H2,1-3H3. The van der Waals surface area contributed by atoms with Crippen molar-refractivity contribution in [2.24, 2.45) is 5.73 Å². The van der Waals surface area contributed by atoms with Crippen molar-refractivity contribution < 1.29 is 4.74 Å². The first-order chi connectivity index (χ1) is 9.60. The normalized spacial score (nSPS) is 10.8. The summed E-state index contributed by atoms with van der Waals surface area (Å²) in [6, 6.07) is 9.84. The molecule has 4 heteroatoms. The van der Waals surface area contributed by atoms with Crippen LogP contribution in [0.3, 0.4) is 0 Å². The van der Waals surface area contributed by atoms with E-state index in [0.29, 0.717) is 19.1 Å². The highest BCUT2D eigenvalue weighted by Gasteiger charge is 2.08. The summed E-state index contributed by atoms with van der Waals surface area (Å²) in [5.41, 5.74) is 8.45. The SMILES string of the molecule is Cc1cc(C(C)C)nc(-c2cccc(OCCN)c2)n1. The lowest BCUT2D eigenvalue weighted by molar-refractivity contribution is 0.328. The molecule has 1 heterocycles. The van der Waals surface area contributed by atoms with E-state index in [0.717, 1.165) is 28.5 Å². The number of hydrogen-bond donors (Lipinski definition) is 1. The van der Waals surface area contributed by atoms with Gasteiger partial charge in [-0.1, -0.05) is 26.0 Å². The van der Waals surface area contributed by atoms with Crippen LogP contribution in [0, 0.1) is 6.92 Å². The van der Waals surface area contributed by atoms with Gasteiger partial charge in [0.25, 0.3) is 0 Å². The van der Waals surface area contributed by atoms with Gasteiger partial charge >= 0.3 is 0 Å². The van der Waals surface area contributed by atoms with Gasteiger partial charge in [0.2, 0.25) is 0 Å². The molecule has 0 fully saturated rings. The minimum absolute atomic E-state index is 0.382. The van der Waals surface area contributed by atoms with Crippen LogP contribution in [0.5, 0.6) is 5.75 Å². The van der Waals surface area contributed by atoms with E-state index in [1.807, 2.05) is 37.3 Å². The molecule has 0 aliphatic heterocycles. The molecule has 0 radical (unpaired) electrons. The second-order valence-electron chi connectivity index (χ2n) is 5.08. The van der Waals surface area contributed by atoms with Crippen molar-refractivity contribution in [1.82, 2.24) is 9.97 Å². The lowest BCUT2D eigenvalue weighted by Crippen LogP contribution is -2.10. The topological polar surface area (TPSA) is 61.0 Å². The molecule has 2 rings (SSSR count). The van der Waals surface area contributed by atoms with Crippen LogP contribution < -0.4 is 10.5 Å². The average Bonchev–Trinajstić information content (AvgIpc) is 2.44. The molecule has 0 aliphatic carbocycles. The molecule has 0 atom stereocenters. The summed E-state index contributed by atoms with van der Waals surface area (Å²) in [4.78, 5) is 9.15. The molecule has 1 aromatic carbocycles. The quantitative estimate of drug-likeness (QED) is 0.908. The molecular formula is C16H21N3O. The predicted octanol–water partition coefficient (Wildman–Crippen LogP) is 2.91. The Morgan fingerprint density at radius 3 is 2.70 bits per heavy atom. The van der Waals surface area contributed by atoms with Crippen molar-refractivity contribution in [2.45, 2.75) is 26.7 Å². The third-order valence-electron chi connectivity index (χ3n) is 2.94. The molecule has 4 nitrogen and oxygen atoms in total. The molecule has 0 saturated heterocycles. The van der Waals surface area contributed by atoms with Gasteiger partial charge in [-0.15, -0.1) is 0 Å². The van der Waals surface area contributed by atoms with Crippen molar-refractivity contribution in [3.05, 3.63) is 41.7 Å². The summed E-state index contributed by atoms with van der Waals surface area (Å²) in [5, 5.41) is 0. The molecule has 0 amide bonds. The van der Waals surface area contributed by atoms with Crippen LogP contribution in [-0.2, 0) is 0 Å². The minimum atomic E-state index is 0.382. The lowest BCUT2D eigenvalue weighted by Gasteiger charge is -2.10. The van der Waals surface area contributed by atoms with Crippen LogP contribution in [-0.4, -0.2) is 23.1 Å². The summed E-state index contributed by atoms with van der Waals surface area (Å²) >= 11 is 0. The number of aromatic nitrogens is 2. The Morgan fingerprint density at radius 2 is 2.00 bits per heavy atom. The van der Waals surface area contributed by atoms with E-state index in [-0.39, 0.29) is 0 Å². The zero-order valence-corrected chi connectivity index (χ0v) is 12.3. The summed E-state index contributed by atoms with van der Waals surface area (Å²) in [7, 11) is 0. The fraction of sp³-hybridized carbons (Fsp3) is 0.375. The van der Waals surface area contributed by atoms with E-state index in [4.69, 9.17) is 10.5 Å². The molecule has 2 N–H and O–H groups in total. The van der Waals surface area contributed by atoms with Gasteiger partial charge < -0.3 is 10.5 Å². The summed E-state index contributed by atoms with van der Waals surface area (Å²) in [6.07, 6.45) is 0. The minimum Gasteiger partial charge on any atom is -0.492 e. The maximum atomic E-state index is 5.54. The molecule has 0 unspecified atom stereocenters. The van der Waals surface area contributed by atoms with Crippen LogP contribution in [0.25, 0.3) is 11.4 Å². The first-order valence-electron chi connectivity index (χ1n) is 6.89. The number of aryl methyl sites for hydroxylation is 1. The zero-order valence-electron chi connectivity index (χ0n) is 12.3. The van der Waals surface area contributed by atoms with E-state index >= 15 is 0 Å². The van der Waals surface area contributed by atoms with E-state index in [2.05, 4.69) is 23.8 Å². The van der Waals surface area contributed by atoms with Crippen LogP contribution in [0.2, 0.25) is 0 Å².